The van der Waals surface area contributed by atoms with E-state index in [2.05, 4.69) is 9.88 Å². The summed E-state index contributed by atoms with van der Waals surface area (Å²) in [4.78, 5) is 41.7. The molecule has 9 heteroatoms. The number of aromatic amines is 1. The third-order valence-electron chi connectivity index (χ3n) is 6.54. The number of rotatable bonds is 5. The van der Waals surface area contributed by atoms with E-state index in [1.165, 1.54) is 10.6 Å². The number of benzene rings is 1. The fourth-order valence-corrected chi connectivity index (χ4v) is 4.98. The van der Waals surface area contributed by atoms with Gasteiger partial charge < -0.3 is 19.6 Å². The number of aromatic carboxylic acids is 1. The molecular formula is C27H33N3O6. The number of aryl methyl sites for hydroxylation is 1. The summed E-state index contributed by atoms with van der Waals surface area (Å²) in [6, 6.07) is 6.71. The Morgan fingerprint density at radius 3 is 2.58 bits per heavy atom. The molecule has 0 spiro atoms. The van der Waals surface area contributed by atoms with Crippen molar-refractivity contribution in [3.63, 3.8) is 0 Å². The van der Waals surface area contributed by atoms with Gasteiger partial charge in [-0.15, -0.1) is 0 Å². The van der Waals surface area contributed by atoms with Crippen LogP contribution in [0.15, 0.2) is 35.3 Å². The van der Waals surface area contributed by atoms with Crippen LogP contribution < -0.4 is 10.3 Å². The molecule has 2 aromatic heterocycles. The van der Waals surface area contributed by atoms with Gasteiger partial charge in [0.25, 0.3) is 5.56 Å². The topological polar surface area (TPSA) is 114 Å². The van der Waals surface area contributed by atoms with Crippen LogP contribution in [0.5, 0.6) is 5.75 Å². The van der Waals surface area contributed by atoms with Crippen molar-refractivity contribution in [3.05, 3.63) is 63.2 Å². The first kappa shape index (κ1) is 25.5. The van der Waals surface area contributed by atoms with Crippen LogP contribution in [0.25, 0.3) is 10.9 Å². The average molecular weight is 496 g/mol. The number of fused-ring (bicyclic) bond motifs is 1. The number of aromatic nitrogens is 2. The lowest BCUT2D eigenvalue weighted by molar-refractivity contribution is 0.0543. The van der Waals surface area contributed by atoms with Crippen LogP contribution in [0.4, 0.5) is 4.79 Å². The summed E-state index contributed by atoms with van der Waals surface area (Å²) in [5.74, 6) is -0.457. The molecule has 1 aliphatic rings. The molecule has 192 valence electrons. The first-order chi connectivity index (χ1) is 17.0. The maximum Gasteiger partial charge on any atom is 0.419 e. The number of carboxylic acids is 1. The lowest BCUT2D eigenvalue weighted by Gasteiger charge is -2.36. The second-order valence-electron chi connectivity index (χ2n) is 10.2. The number of pyridine rings is 1. The van der Waals surface area contributed by atoms with Gasteiger partial charge in [0.2, 0.25) is 0 Å². The summed E-state index contributed by atoms with van der Waals surface area (Å²) in [5.41, 5.74) is 1.98. The molecule has 1 unspecified atom stereocenters. The minimum absolute atomic E-state index is 0.128. The zero-order chi connectivity index (χ0) is 26.2. The number of methoxy groups -OCH3 is 1. The van der Waals surface area contributed by atoms with Crippen LogP contribution in [0.1, 0.15) is 73.3 Å². The summed E-state index contributed by atoms with van der Waals surface area (Å²) >= 11 is 0. The van der Waals surface area contributed by atoms with Crippen LogP contribution in [-0.2, 0) is 11.3 Å². The molecule has 0 aliphatic carbocycles. The zero-order valence-corrected chi connectivity index (χ0v) is 21.4. The highest BCUT2D eigenvalue weighted by Crippen LogP contribution is 2.37. The van der Waals surface area contributed by atoms with E-state index in [0.717, 1.165) is 47.8 Å². The molecule has 9 nitrogen and oxygen atoms in total. The maximum atomic E-state index is 12.9. The molecule has 1 saturated heterocycles. The molecule has 1 aromatic carbocycles. The first-order valence-corrected chi connectivity index (χ1v) is 12.1. The third-order valence-corrected chi connectivity index (χ3v) is 6.54. The SMILES string of the molecule is COc1cc(C)c2c(ccn2C(=O)OC(C)(C)C)c1CN1CCCCC1c1ccc(C(=O)O)[nH]c1=O. The fraction of sp³-hybridized carbons (Fsp3) is 0.444. The molecule has 0 saturated carbocycles. The molecule has 0 bridgehead atoms. The molecule has 1 atom stereocenters. The number of nitrogens with one attached hydrogen (secondary N) is 1. The number of ether oxygens (including phenoxy) is 2. The van der Waals surface area contributed by atoms with Crippen molar-refractivity contribution in [3.8, 4) is 5.75 Å². The van der Waals surface area contributed by atoms with Gasteiger partial charge in [-0.05, 0) is 76.9 Å². The molecular weight excluding hydrogens is 462 g/mol. The number of hydrogen-bond donors (Lipinski definition) is 2. The summed E-state index contributed by atoms with van der Waals surface area (Å²) in [6.07, 6.45) is 4.01. The van der Waals surface area contributed by atoms with E-state index in [-0.39, 0.29) is 17.3 Å². The Balaban J connectivity index is 1.75. The van der Waals surface area contributed by atoms with Gasteiger partial charge in [0.1, 0.15) is 17.0 Å². The van der Waals surface area contributed by atoms with Crippen molar-refractivity contribution in [2.24, 2.45) is 0 Å². The summed E-state index contributed by atoms with van der Waals surface area (Å²) in [6.45, 7) is 8.71. The first-order valence-electron chi connectivity index (χ1n) is 12.1. The number of nitrogens with zero attached hydrogens (tertiary/aromatic N) is 2. The number of piperidine rings is 1. The van der Waals surface area contributed by atoms with E-state index >= 15 is 0 Å². The predicted molar refractivity (Wildman–Crippen MR) is 136 cm³/mol. The normalized spacial score (nSPS) is 16.8. The molecule has 0 amide bonds. The highest BCUT2D eigenvalue weighted by molar-refractivity contribution is 5.95. The summed E-state index contributed by atoms with van der Waals surface area (Å²) in [7, 11) is 1.62. The van der Waals surface area contributed by atoms with Crippen LogP contribution >= 0.6 is 0 Å². The number of carbonyl (C=O) groups excluding carboxylic acids is 1. The number of H-pyrrole nitrogens is 1. The van der Waals surface area contributed by atoms with Gasteiger partial charge in [-0.3, -0.25) is 14.3 Å². The van der Waals surface area contributed by atoms with Gasteiger partial charge in [-0.25, -0.2) is 9.59 Å². The van der Waals surface area contributed by atoms with Gasteiger partial charge in [0.05, 0.1) is 12.6 Å². The Hall–Kier alpha value is -3.59. The highest BCUT2D eigenvalue weighted by Gasteiger charge is 2.29. The predicted octanol–water partition coefficient (Wildman–Crippen LogP) is 4.86. The molecule has 4 rings (SSSR count). The molecule has 36 heavy (non-hydrogen) atoms. The monoisotopic (exact) mass is 495 g/mol. The van der Waals surface area contributed by atoms with Gasteiger partial charge in [0, 0.05) is 35.3 Å². The standard InChI is InChI=1S/C27H33N3O6/c1-16-14-22(35-5)19(17-11-13-30(23(16)17)26(34)36-27(2,3)4)15-29-12-7-6-8-21(29)18-9-10-20(25(32)33)28-24(18)31/h9-11,13-14,21H,6-8,12,15H2,1-5H3,(H,28,31)(H,32,33). The minimum atomic E-state index is -1.17. The van der Waals surface area contributed by atoms with E-state index in [1.807, 2.05) is 39.8 Å². The van der Waals surface area contributed by atoms with Crippen LogP contribution in [-0.4, -0.2) is 50.9 Å². The Labute approximate surface area is 209 Å². The number of likely N-dealkylation sites (tertiary alicyclic amines) is 1. The van der Waals surface area contributed by atoms with Gasteiger partial charge in [-0.1, -0.05) is 6.42 Å². The summed E-state index contributed by atoms with van der Waals surface area (Å²) < 4.78 is 12.9. The Kier molecular flexibility index (Phi) is 6.95. The quantitative estimate of drug-likeness (QED) is 0.520. The van der Waals surface area contributed by atoms with Crippen molar-refractivity contribution in [2.45, 2.75) is 65.1 Å². The number of carboxylic acid groups (broad SMARTS) is 1. The van der Waals surface area contributed by atoms with Crippen molar-refractivity contribution in [1.29, 1.82) is 0 Å². The van der Waals surface area contributed by atoms with Gasteiger partial charge in [-0.2, -0.15) is 0 Å². The van der Waals surface area contributed by atoms with E-state index in [1.54, 1.807) is 19.4 Å². The Morgan fingerprint density at radius 2 is 1.94 bits per heavy atom. The van der Waals surface area contributed by atoms with Crippen molar-refractivity contribution >= 4 is 23.0 Å². The molecule has 3 heterocycles. The molecule has 1 aliphatic heterocycles. The zero-order valence-electron chi connectivity index (χ0n) is 21.4. The fourth-order valence-electron chi connectivity index (χ4n) is 4.98. The largest absolute Gasteiger partial charge is 0.496 e. The van der Waals surface area contributed by atoms with Crippen molar-refractivity contribution in [2.75, 3.05) is 13.7 Å². The van der Waals surface area contributed by atoms with E-state index in [0.29, 0.717) is 17.9 Å². The van der Waals surface area contributed by atoms with E-state index in [4.69, 9.17) is 9.47 Å². The second-order valence-corrected chi connectivity index (χ2v) is 10.2. The van der Waals surface area contributed by atoms with Crippen LogP contribution in [0, 0.1) is 6.92 Å². The third kappa shape index (κ3) is 5.02. The summed E-state index contributed by atoms with van der Waals surface area (Å²) in [5, 5.41) is 10.1. The lowest BCUT2D eigenvalue weighted by atomic mass is 9.94. The van der Waals surface area contributed by atoms with E-state index < -0.39 is 17.7 Å². The van der Waals surface area contributed by atoms with Crippen molar-refractivity contribution < 1.29 is 24.2 Å². The average Bonchev–Trinajstić information content (AvgIpc) is 3.26. The van der Waals surface area contributed by atoms with Gasteiger partial charge in [0.15, 0.2) is 0 Å². The molecule has 0 radical (unpaired) electrons. The number of carbonyl (C=O) groups is 2. The molecule has 1 fully saturated rings. The van der Waals surface area contributed by atoms with Crippen LogP contribution in [0.2, 0.25) is 0 Å². The smallest absolute Gasteiger partial charge is 0.419 e. The van der Waals surface area contributed by atoms with Gasteiger partial charge >= 0.3 is 12.1 Å². The maximum absolute atomic E-state index is 12.9. The Morgan fingerprint density at radius 1 is 1.19 bits per heavy atom. The lowest BCUT2D eigenvalue weighted by Crippen LogP contribution is -2.36. The minimum Gasteiger partial charge on any atom is -0.496 e. The second kappa shape index (κ2) is 9.81. The van der Waals surface area contributed by atoms with Crippen molar-refractivity contribution in [1.82, 2.24) is 14.5 Å². The molecule has 2 N–H and O–H groups in total. The highest BCUT2D eigenvalue weighted by atomic mass is 16.6. The van der Waals surface area contributed by atoms with Crippen LogP contribution in [0.3, 0.4) is 0 Å². The molecule has 3 aromatic rings. The number of hydrogen-bond acceptors (Lipinski definition) is 6. The van der Waals surface area contributed by atoms with E-state index in [9.17, 15) is 19.5 Å². The Bertz CT molecular complexity index is 1360.